The predicted molar refractivity (Wildman–Crippen MR) is 69.4 cm³/mol. The third kappa shape index (κ3) is 3.04. The summed E-state index contributed by atoms with van der Waals surface area (Å²) in [6, 6.07) is 8.71. The molecule has 0 aliphatic rings. The number of benzene rings is 1. The minimum Gasteiger partial charge on any atom is -0.271 e. The van der Waals surface area contributed by atoms with Gasteiger partial charge in [0, 0.05) is 16.8 Å². The lowest BCUT2D eigenvalue weighted by Crippen LogP contribution is -2.30. The Morgan fingerprint density at radius 2 is 2.00 bits per heavy atom. The number of halogens is 2. The van der Waals surface area contributed by atoms with Crippen molar-refractivity contribution in [3.63, 3.8) is 0 Å². The number of nitrogens with zero attached hydrogens (tertiary/aromatic N) is 1. The van der Waals surface area contributed by atoms with Crippen molar-refractivity contribution in [1.29, 1.82) is 0 Å². The molecule has 0 aliphatic heterocycles. The molecule has 3 N–H and O–H groups in total. The summed E-state index contributed by atoms with van der Waals surface area (Å²) in [6.07, 6.45) is 3.31. The molecule has 3 nitrogen and oxygen atoms in total. The number of aromatic nitrogens is 1. The molecule has 5 heteroatoms. The number of nitrogens with two attached hydrogens (primary N) is 1. The van der Waals surface area contributed by atoms with Crippen LogP contribution in [0.2, 0.25) is 5.02 Å². The van der Waals surface area contributed by atoms with Crippen LogP contribution in [0, 0.1) is 5.82 Å². The average molecular weight is 266 g/mol. The van der Waals surface area contributed by atoms with Gasteiger partial charge in [-0.25, -0.2) is 4.39 Å². The first-order chi connectivity index (χ1) is 8.70. The van der Waals surface area contributed by atoms with E-state index in [1.807, 2.05) is 12.1 Å². The highest BCUT2D eigenvalue weighted by Gasteiger charge is 2.14. The zero-order valence-electron chi connectivity index (χ0n) is 9.61. The van der Waals surface area contributed by atoms with Gasteiger partial charge in [-0.3, -0.25) is 16.3 Å². The summed E-state index contributed by atoms with van der Waals surface area (Å²) in [4.78, 5) is 3.72. The molecule has 1 aromatic heterocycles. The van der Waals surface area contributed by atoms with Gasteiger partial charge < -0.3 is 0 Å². The summed E-state index contributed by atoms with van der Waals surface area (Å²) < 4.78 is 13.6. The van der Waals surface area contributed by atoms with Gasteiger partial charge in [0.2, 0.25) is 0 Å². The number of nitrogens with one attached hydrogen (secondary N) is 1. The summed E-state index contributed by atoms with van der Waals surface area (Å²) in [6.45, 7) is 0. The summed E-state index contributed by atoms with van der Waals surface area (Å²) in [5.74, 6) is 5.12. The Kier molecular flexibility index (Phi) is 4.25. The van der Waals surface area contributed by atoms with Gasteiger partial charge in [-0.05, 0) is 30.2 Å². The molecule has 0 fully saturated rings. The van der Waals surface area contributed by atoms with Crippen molar-refractivity contribution in [3.8, 4) is 0 Å². The first-order valence-corrected chi connectivity index (χ1v) is 5.88. The van der Waals surface area contributed by atoms with E-state index in [1.54, 1.807) is 24.4 Å². The quantitative estimate of drug-likeness (QED) is 0.660. The molecule has 94 valence electrons. The Bertz CT molecular complexity index is 516. The third-order valence-corrected chi connectivity index (χ3v) is 2.99. The fourth-order valence-electron chi connectivity index (χ4n) is 1.78. The Morgan fingerprint density at radius 3 is 2.61 bits per heavy atom. The van der Waals surface area contributed by atoms with Crippen LogP contribution in [-0.4, -0.2) is 4.98 Å². The molecule has 2 rings (SSSR count). The highest BCUT2D eigenvalue weighted by Crippen LogP contribution is 2.20. The summed E-state index contributed by atoms with van der Waals surface area (Å²) in [7, 11) is 0. The predicted octanol–water partition coefficient (Wildman–Crippen LogP) is 2.62. The molecule has 18 heavy (non-hydrogen) atoms. The van der Waals surface area contributed by atoms with E-state index in [4.69, 9.17) is 17.4 Å². The molecule has 0 spiro atoms. The van der Waals surface area contributed by atoms with Gasteiger partial charge in [-0.1, -0.05) is 23.7 Å². The van der Waals surface area contributed by atoms with Crippen LogP contribution in [0.25, 0.3) is 0 Å². The molecule has 0 amide bonds. The molecule has 0 saturated heterocycles. The normalized spacial score (nSPS) is 12.4. The van der Waals surface area contributed by atoms with Gasteiger partial charge in [0.25, 0.3) is 0 Å². The minimum absolute atomic E-state index is 0.297. The lowest BCUT2D eigenvalue weighted by Gasteiger charge is -2.16. The molecule has 0 saturated carbocycles. The monoisotopic (exact) mass is 265 g/mol. The van der Waals surface area contributed by atoms with Crippen molar-refractivity contribution < 1.29 is 4.39 Å². The third-order valence-electron chi connectivity index (χ3n) is 2.73. The van der Waals surface area contributed by atoms with Crippen molar-refractivity contribution in [1.82, 2.24) is 10.4 Å². The largest absolute Gasteiger partial charge is 0.271 e. The molecule has 1 heterocycles. The first-order valence-electron chi connectivity index (χ1n) is 5.50. The lowest BCUT2D eigenvalue weighted by molar-refractivity contribution is 0.508. The molecule has 0 aliphatic carbocycles. The molecule has 0 radical (unpaired) electrons. The Balaban J connectivity index is 2.20. The average Bonchev–Trinajstić information content (AvgIpc) is 2.39. The van der Waals surface area contributed by atoms with E-state index < -0.39 is 0 Å². The van der Waals surface area contributed by atoms with Gasteiger partial charge in [-0.2, -0.15) is 0 Å². The Morgan fingerprint density at radius 1 is 1.28 bits per heavy atom. The second-order valence-electron chi connectivity index (χ2n) is 3.95. The molecule has 1 aromatic carbocycles. The molecular weight excluding hydrogens is 253 g/mol. The Hall–Kier alpha value is -1.49. The lowest BCUT2D eigenvalue weighted by atomic mass is 10.00. The molecular formula is C13H13ClFN3. The van der Waals surface area contributed by atoms with Crippen molar-refractivity contribution in [3.05, 3.63) is 64.7 Å². The summed E-state index contributed by atoms with van der Waals surface area (Å²) in [5.41, 5.74) is 4.15. The van der Waals surface area contributed by atoms with Gasteiger partial charge in [0.1, 0.15) is 5.82 Å². The molecule has 0 bridgehead atoms. The second-order valence-corrected chi connectivity index (χ2v) is 4.38. The van der Waals surface area contributed by atoms with Crippen LogP contribution >= 0.6 is 11.6 Å². The number of hydrogen-bond acceptors (Lipinski definition) is 3. The van der Waals surface area contributed by atoms with E-state index in [0.717, 1.165) is 5.56 Å². The highest BCUT2D eigenvalue weighted by atomic mass is 35.5. The second kappa shape index (κ2) is 5.91. The molecule has 1 unspecified atom stereocenters. The Labute approximate surface area is 110 Å². The highest BCUT2D eigenvalue weighted by molar-refractivity contribution is 6.30. The van der Waals surface area contributed by atoms with Gasteiger partial charge in [0.05, 0.1) is 12.2 Å². The number of pyridine rings is 1. The van der Waals surface area contributed by atoms with Crippen molar-refractivity contribution >= 4 is 11.6 Å². The molecule has 2 aromatic rings. The van der Waals surface area contributed by atoms with Crippen LogP contribution in [0.15, 0.2) is 42.7 Å². The van der Waals surface area contributed by atoms with Crippen molar-refractivity contribution in [2.45, 2.75) is 12.5 Å². The SMILES string of the molecule is NNC(Cc1ccc(Cl)cc1)c1ccncc1F. The van der Waals surface area contributed by atoms with Crippen LogP contribution in [0.1, 0.15) is 17.2 Å². The van der Waals surface area contributed by atoms with Crippen LogP contribution in [0.5, 0.6) is 0 Å². The van der Waals surface area contributed by atoms with Crippen LogP contribution in [0.4, 0.5) is 4.39 Å². The van der Waals surface area contributed by atoms with E-state index in [9.17, 15) is 4.39 Å². The van der Waals surface area contributed by atoms with Gasteiger partial charge in [0.15, 0.2) is 0 Å². The standard InChI is InChI=1S/C13H13ClFN3/c14-10-3-1-9(2-4-10)7-13(18-16)11-5-6-17-8-12(11)15/h1-6,8,13,18H,7,16H2. The van der Waals surface area contributed by atoms with Gasteiger partial charge in [-0.15, -0.1) is 0 Å². The zero-order chi connectivity index (χ0) is 13.0. The fraction of sp³-hybridized carbons (Fsp3) is 0.154. The van der Waals surface area contributed by atoms with Gasteiger partial charge >= 0.3 is 0 Å². The van der Waals surface area contributed by atoms with E-state index >= 15 is 0 Å². The maximum atomic E-state index is 13.6. The zero-order valence-corrected chi connectivity index (χ0v) is 10.4. The van der Waals surface area contributed by atoms with E-state index in [1.165, 1.54) is 6.20 Å². The van der Waals surface area contributed by atoms with E-state index in [2.05, 4.69) is 10.4 Å². The number of hydrogen-bond donors (Lipinski definition) is 2. The number of rotatable bonds is 4. The van der Waals surface area contributed by atoms with Crippen molar-refractivity contribution in [2.24, 2.45) is 5.84 Å². The topological polar surface area (TPSA) is 50.9 Å². The maximum Gasteiger partial charge on any atom is 0.146 e. The maximum absolute atomic E-state index is 13.6. The van der Waals surface area contributed by atoms with Crippen molar-refractivity contribution in [2.75, 3.05) is 0 Å². The summed E-state index contributed by atoms with van der Waals surface area (Å²) >= 11 is 5.82. The minimum atomic E-state index is -0.366. The van der Waals surface area contributed by atoms with E-state index in [-0.39, 0.29) is 11.9 Å². The number of hydrazine groups is 1. The van der Waals surface area contributed by atoms with Crippen LogP contribution in [0.3, 0.4) is 0 Å². The fourth-order valence-corrected chi connectivity index (χ4v) is 1.91. The molecule has 1 atom stereocenters. The van der Waals surface area contributed by atoms with Crippen LogP contribution in [-0.2, 0) is 6.42 Å². The summed E-state index contributed by atoms with van der Waals surface area (Å²) in [5, 5.41) is 0.672. The smallest absolute Gasteiger partial charge is 0.146 e. The van der Waals surface area contributed by atoms with E-state index in [0.29, 0.717) is 17.0 Å². The van der Waals surface area contributed by atoms with Crippen LogP contribution < -0.4 is 11.3 Å². The first kappa shape index (κ1) is 13.0.